The summed E-state index contributed by atoms with van der Waals surface area (Å²) in [6.45, 7) is 2.60. The number of unbranched alkanes of at least 4 members (excludes halogenated alkanes) is 1. The first kappa shape index (κ1) is 16.0. The van der Waals surface area contributed by atoms with Crippen LogP contribution in [-0.4, -0.2) is 46.4 Å². The predicted molar refractivity (Wildman–Crippen MR) is 74.6 cm³/mol. The Morgan fingerprint density at radius 2 is 1.95 bits per heavy atom. The normalized spacial score (nSPS) is 10.7. The molecule has 0 aliphatic carbocycles. The van der Waals surface area contributed by atoms with E-state index in [0.29, 0.717) is 6.54 Å². The van der Waals surface area contributed by atoms with E-state index >= 15 is 0 Å². The van der Waals surface area contributed by atoms with Crippen LogP contribution in [0.3, 0.4) is 0 Å². The molecule has 1 rings (SSSR count). The number of amides is 1. The minimum absolute atomic E-state index is 0.00127. The van der Waals surface area contributed by atoms with Crippen molar-refractivity contribution in [2.24, 2.45) is 5.73 Å². The van der Waals surface area contributed by atoms with Crippen LogP contribution in [0.25, 0.3) is 0 Å². The number of Topliss-reactive ketones (excluding diaryl/α,β-unsaturated/α-hetero) is 1. The van der Waals surface area contributed by atoms with Crippen LogP contribution in [0.15, 0.2) is 18.2 Å². The monoisotopic (exact) mass is 280 g/mol. The lowest BCUT2D eigenvalue weighted by atomic mass is 10.1. The molecule has 0 heterocycles. The van der Waals surface area contributed by atoms with Gasteiger partial charge in [0.1, 0.15) is 11.5 Å². The summed E-state index contributed by atoms with van der Waals surface area (Å²) in [5.74, 6) is -1.20. The van der Waals surface area contributed by atoms with Crippen LogP contribution in [0.1, 0.15) is 30.1 Å². The Morgan fingerprint density at radius 3 is 2.50 bits per heavy atom. The summed E-state index contributed by atoms with van der Waals surface area (Å²) in [5, 5.41) is 18.8. The molecule has 4 N–H and O–H groups in total. The van der Waals surface area contributed by atoms with Gasteiger partial charge in [-0.2, -0.15) is 0 Å². The fraction of sp³-hybridized carbons (Fsp3) is 0.429. The molecule has 0 fully saturated rings. The minimum atomic E-state index is -0.496. The molecular weight excluding hydrogens is 260 g/mol. The molecule has 0 aliphatic heterocycles. The molecule has 0 radical (unpaired) electrons. The Balaban J connectivity index is 2.75. The number of carbonyl (C=O) groups is 2. The van der Waals surface area contributed by atoms with Gasteiger partial charge in [0.2, 0.25) is 5.91 Å². The number of nitrogens with zero attached hydrogens (tertiary/aromatic N) is 1. The standard InChI is InChI=1S/C14H20N2O4/c1-2-3-6-16(9-14(15)20)8-13(19)11-5-4-10(17)7-12(11)18/h4-5,7,17-18H,2-3,6,8-9H2,1H3,(H2,15,20). The van der Waals surface area contributed by atoms with E-state index in [2.05, 4.69) is 0 Å². The average molecular weight is 280 g/mol. The van der Waals surface area contributed by atoms with E-state index in [-0.39, 0.29) is 35.9 Å². The van der Waals surface area contributed by atoms with Crippen LogP contribution in [0.4, 0.5) is 0 Å². The zero-order valence-corrected chi connectivity index (χ0v) is 11.5. The van der Waals surface area contributed by atoms with Crippen molar-refractivity contribution in [3.05, 3.63) is 23.8 Å². The summed E-state index contributed by atoms with van der Waals surface area (Å²) in [6.07, 6.45) is 1.79. The lowest BCUT2D eigenvalue weighted by Crippen LogP contribution is -2.38. The first-order chi connectivity index (χ1) is 9.43. The molecule has 0 aromatic heterocycles. The number of benzene rings is 1. The van der Waals surface area contributed by atoms with E-state index < -0.39 is 5.91 Å². The number of hydrogen-bond acceptors (Lipinski definition) is 5. The maximum absolute atomic E-state index is 12.1. The maximum atomic E-state index is 12.1. The molecule has 1 aromatic rings. The van der Waals surface area contributed by atoms with Gasteiger partial charge in [0.05, 0.1) is 18.7 Å². The highest BCUT2D eigenvalue weighted by molar-refractivity contribution is 6.00. The van der Waals surface area contributed by atoms with E-state index in [1.807, 2.05) is 6.92 Å². The quantitative estimate of drug-likeness (QED) is 0.613. The summed E-state index contributed by atoms with van der Waals surface area (Å²) in [5.41, 5.74) is 5.27. The number of phenols is 2. The summed E-state index contributed by atoms with van der Waals surface area (Å²) in [4.78, 5) is 24.7. The highest BCUT2D eigenvalue weighted by Gasteiger charge is 2.17. The number of aromatic hydroxyl groups is 2. The number of carbonyl (C=O) groups excluding carboxylic acids is 2. The summed E-state index contributed by atoms with van der Waals surface area (Å²) in [6, 6.07) is 3.80. The van der Waals surface area contributed by atoms with E-state index in [9.17, 15) is 19.8 Å². The third-order valence-electron chi connectivity index (χ3n) is 2.86. The van der Waals surface area contributed by atoms with E-state index in [0.717, 1.165) is 18.9 Å². The number of nitrogens with two attached hydrogens (primary N) is 1. The summed E-state index contributed by atoms with van der Waals surface area (Å²) >= 11 is 0. The molecular formula is C14H20N2O4. The predicted octanol–water partition coefficient (Wildman–Crippen LogP) is 0.868. The van der Waals surface area contributed by atoms with Crippen LogP contribution >= 0.6 is 0 Å². The highest BCUT2D eigenvalue weighted by Crippen LogP contribution is 2.23. The van der Waals surface area contributed by atoms with E-state index in [1.54, 1.807) is 4.90 Å². The first-order valence-electron chi connectivity index (χ1n) is 6.50. The topological polar surface area (TPSA) is 104 Å². The second-order valence-electron chi connectivity index (χ2n) is 4.66. The van der Waals surface area contributed by atoms with Gasteiger partial charge in [0, 0.05) is 6.07 Å². The maximum Gasteiger partial charge on any atom is 0.231 e. The first-order valence-corrected chi connectivity index (χ1v) is 6.50. The number of rotatable bonds is 8. The van der Waals surface area contributed by atoms with Crippen molar-refractivity contribution in [3.63, 3.8) is 0 Å². The van der Waals surface area contributed by atoms with Crippen LogP contribution in [-0.2, 0) is 4.79 Å². The van der Waals surface area contributed by atoms with Gasteiger partial charge < -0.3 is 15.9 Å². The third-order valence-corrected chi connectivity index (χ3v) is 2.86. The Kier molecular flexibility index (Phi) is 5.99. The van der Waals surface area contributed by atoms with Crippen molar-refractivity contribution < 1.29 is 19.8 Å². The molecule has 0 saturated carbocycles. The molecule has 1 aromatic carbocycles. The number of primary amides is 1. The molecule has 0 atom stereocenters. The van der Waals surface area contributed by atoms with Gasteiger partial charge in [-0.3, -0.25) is 14.5 Å². The van der Waals surface area contributed by atoms with Crippen molar-refractivity contribution in [3.8, 4) is 11.5 Å². The minimum Gasteiger partial charge on any atom is -0.508 e. The molecule has 1 amide bonds. The van der Waals surface area contributed by atoms with Gasteiger partial charge in [0.25, 0.3) is 0 Å². The van der Waals surface area contributed by atoms with Gasteiger partial charge in [-0.15, -0.1) is 0 Å². The average Bonchev–Trinajstić information content (AvgIpc) is 2.35. The van der Waals surface area contributed by atoms with Crippen LogP contribution in [0, 0.1) is 0 Å². The molecule has 0 spiro atoms. The largest absolute Gasteiger partial charge is 0.508 e. The van der Waals surface area contributed by atoms with Gasteiger partial charge in [-0.05, 0) is 25.1 Å². The third kappa shape index (κ3) is 4.89. The second-order valence-corrected chi connectivity index (χ2v) is 4.66. The molecule has 0 bridgehead atoms. The lowest BCUT2D eigenvalue weighted by molar-refractivity contribution is -0.119. The smallest absolute Gasteiger partial charge is 0.231 e. The van der Waals surface area contributed by atoms with E-state index in [1.165, 1.54) is 12.1 Å². The highest BCUT2D eigenvalue weighted by atomic mass is 16.3. The number of phenolic OH excluding ortho intramolecular Hbond substituents is 2. The fourth-order valence-electron chi connectivity index (χ4n) is 1.86. The Hall–Kier alpha value is -2.08. The van der Waals surface area contributed by atoms with Crippen molar-refractivity contribution >= 4 is 11.7 Å². The fourth-order valence-corrected chi connectivity index (χ4v) is 1.86. The van der Waals surface area contributed by atoms with Gasteiger partial charge in [-0.1, -0.05) is 13.3 Å². The van der Waals surface area contributed by atoms with Gasteiger partial charge in [0.15, 0.2) is 5.78 Å². The number of ketones is 1. The van der Waals surface area contributed by atoms with E-state index in [4.69, 9.17) is 5.73 Å². The number of hydrogen-bond donors (Lipinski definition) is 3. The molecule has 20 heavy (non-hydrogen) atoms. The van der Waals surface area contributed by atoms with Crippen molar-refractivity contribution in [2.75, 3.05) is 19.6 Å². The molecule has 110 valence electrons. The van der Waals surface area contributed by atoms with Crippen molar-refractivity contribution in [1.29, 1.82) is 0 Å². The molecule has 0 aliphatic rings. The lowest BCUT2D eigenvalue weighted by Gasteiger charge is -2.19. The summed E-state index contributed by atoms with van der Waals surface area (Å²) in [7, 11) is 0. The zero-order valence-electron chi connectivity index (χ0n) is 11.5. The zero-order chi connectivity index (χ0) is 15.1. The van der Waals surface area contributed by atoms with Crippen LogP contribution < -0.4 is 5.73 Å². The molecule has 0 saturated heterocycles. The van der Waals surface area contributed by atoms with Crippen LogP contribution in [0.2, 0.25) is 0 Å². The molecule has 6 heteroatoms. The summed E-state index contributed by atoms with van der Waals surface area (Å²) < 4.78 is 0. The Bertz CT molecular complexity index is 488. The van der Waals surface area contributed by atoms with Crippen molar-refractivity contribution in [1.82, 2.24) is 4.90 Å². The molecule has 0 unspecified atom stereocenters. The van der Waals surface area contributed by atoms with Crippen LogP contribution in [0.5, 0.6) is 11.5 Å². The Morgan fingerprint density at radius 1 is 1.25 bits per heavy atom. The Labute approximate surface area is 117 Å². The van der Waals surface area contributed by atoms with Gasteiger partial charge >= 0.3 is 0 Å². The van der Waals surface area contributed by atoms with Crippen molar-refractivity contribution in [2.45, 2.75) is 19.8 Å². The van der Waals surface area contributed by atoms with Gasteiger partial charge in [-0.25, -0.2) is 0 Å². The molecule has 6 nitrogen and oxygen atoms in total. The SMILES string of the molecule is CCCCN(CC(N)=O)CC(=O)c1ccc(O)cc1O. The second kappa shape index (κ2) is 7.49.